The van der Waals surface area contributed by atoms with Crippen molar-refractivity contribution >= 4 is 26.1 Å². The summed E-state index contributed by atoms with van der Waals surface area (Å²) in [6, 6.07) is 0. The third kappa shape index (κ3) is 6.36. The van der Waals surface area contributed by atoms with Crippen molar-refractivity contribution in [2.45, 2.75) is 11.0 Å². The van der Waals surface area contributed by atoms with E-state index in [0.717, 1.165) is 0 Å². The number of amides is 1. The van der Waals surface area contributed by atoms with Gasteiger partial charge in [-0.15, -0.1) is 0 Å². The van der Waals surface area contributed by atoms with Crippen LogP contribution in [-0.2, 0) is 25.0 Å². The van der Waals surface area contributed by atoms with Gasteiger partial charge in [-0.1, -0.05) is 5.11 Å². The van der Waals surface area contributed by atoms with Gasteiger partial charge in [-0.2, -0.15) is 16.8 Å². The van der Waals surface area contributed by atoms with Crippen LogP contribution in [0.2, 0.25) is 0 Å². The molecule has 0 aromatic heterocycles. The summed E-state index contributed by atoms with van der Waals surface area (Å²) in [7, 11) is -10.2. The second kappa shape index (κ2) is 6.51. The summed E-state index contributed by atoms with van der Waals surface area (Å²) in [5, 5.41) is 4.88. The van der Waals surface area contributed by atoms with Crippen molar-refractivity contribution in [3.05, 3.63) is 10.4 Å². The van der Waals surface area contributed by atoms with E-state index in [1.807, 2.05) is 5.32 Å². The van der Waals surface area contributed by atoms with Gasteiger partial charge >= 0.3 is 0 Å². The fourth-order valence-electron chi connectivity index (χ4n) is 0.846. The molecule has 104 valence electrons. The first-order valence-corrected chi connectivity index (χ1v) is 7.30. The Morgan fingerprint density at radius 2 is 1.78 bits per heavy atom. The Hall–Kier alpha value is -1.40. The van der Waals surface area contributed by atoms with Crippen LogP contribution in [0.15, 0.2) is 5.11 Å². The summed E-state index contributed by atoms with van der Waals surface area (Å²) in [5.74, 6) is -0.806. The summed E-state index contributed by atoms with van der Waals surface area (Å²) in [6.07, 6.45) is -0.298. The fraction of sp³-hybridized carbons (Fsp3) is 0.800. The van der Waals surface area contributed by atoms with E-state index in [1.165, 1.54) is 0 Å². The quantitative estimate of drug-likeness (QED) is 0.230. The lowest BCUT2D eigenvalue weighted by atomic mass is 10.4. The van der Waals surface area contributed by atoms with E-state index in [1.54, 1.807) is 0 Å². The van der Waals surface area contributed by atoms with Crippen molar-refractivity contribution in [2.75, 3.05) is 13.1 Å². The number of nitrogens with zero attached hydrogens (tertiary/aromatic N) is 3. The van der Waals surface area contributed by atoms with Crippen molar-refractivity contribution in [2.24, 2.45) is 5.11 Å². The highest BCUT2D eigenvalue weighted by Gasteiger charge is 2.35. The van der Waals surface area contributed by atoms with E-state index < -0.39 is 37.3 Å². The summed E-state index contributed by atoms with van der Waals surface area (Å²) in [4.78, 5) is 13.4. The summed E-state index contributed by atoms with van der Waals surface area (Å²) < 4.78 is 57.1. The highest BCUT2D eigenvalue weighted by Crippen LogP contribution is 2.05. The van der Waals surface area contributed by atoms with E-state index >= 15 is 0 Å². The van der Waals surface area contributed by atoms with Crippen LogP contribution in [0.4, 0.5) is 0 Å². The zero-order valence-electron chi connectivity index (χ0n) is 8.79. The van der Waals surface area contributed by atoms with Crippen molar-refractivity contribution in [1.29, 1.82) is 0 Å². The maximum Gasteiger partial charge on any atom is 0.286 e. The Balaban J connectivity index is 4.57. The van der Waals surface area contributed by atoms with Gasteiger partial charge in [-0.05, 0) is 5.53 Å². The molecular weight excluding hydrogens is 292 g/mol. The lowest BCUT2D eigenvalue weighted by molar-refractivity contribution is -0.120. The predicted octanol–water partition coefficient (Wildman–Crippen LogP) is -1.10. The van der Waals surface area contributed by atoms with E-state index in [9.17, 15) is 21.6 Å². The van der Waals surface area contributed by atoms with Crippen LogP contribution in [0.3, 0.4) is 0 Å². The minimum absolute atomic E-state index is 0.204. The van der Waals surface area contributed by atoms with Gasteiger partial charge in [-0.25, -0.2) is 0 Å². The van der Waals surface area contributed by atoms with Crippen molar-refractivity contribution in [3.63, 3.8) is 0 Å². The second-order valence-electron chi connectivity index (χ2n) is 2.97. The largest absolute Gasteiger partial charge is 0.354 e. The molecule has 3 N–H and O–H groups in total. The van der Waals surface area contributed by atoms with Gasteiger partial charge in [0, 0.05) is 17.9 Å². The van der Waals surface area contributed by atoms with Gasteiger partial charge in [0.25, 0.3) is 20.2 Å². The molecule has 0 aliphatic heterocycles. The molecule has 0 aromatic rings. The van der Waals surface area contributed by atoms with Gasteiger partial charge in [0.2, 0.25) is 10.5 Å². The number of hydrogen-bond donors (Lipinski definition) is 3. The molecule has 0 rings (SSSR count). The molecule has 11 nitrogen and oxygen atoms in total. The Morgan fingerprint density at radius 3 is 2.17 bits per heavy atom. The summed E-state index contributed by atoms with van der Waals surface area (Å²) >= 11 is 0. The molecule has 1 amide bonds. The zero-order chi connectivity index (χ0) is 14.4. The number of carbonyl (C=O) groups is 1. The van der Waals surface area contributed by atoms with Crippen LogP contribution in [-0.4, -0.2) is 49.5 Å². The molecule has 0 aromatic carbocycles. The summed E-state index contributed by atoms with van der Waals surface area (Å²) in [6.45, 7) is -1.22. The molecule has 0 unspecified atom stereocenters. The van der Waals surface area contributed by atoms with E-state index in [4.69, 9.17) is 14.6 Å². The Kier molecular flexibility index (Phi) is 6.00. The van der Waals surface area contributed by atoms with Gasteiger partial charge in [0.15, 0.2) is 0 Å². The monoisotopic (exact) mass is 302 g/mol. The van der Waals surface area contributed by atoms with E-state index in [2.05, 4.69) is 10.0 Å². The maximum atomic E-state index is 11.0. The first-order valence-electron chi connectivity index (χ1n) is 4.29. The Labute approximate surface area is 102 Å². The molecule has 0 atom stereocenters. The van der Waals surface area contributed by atoms with Crippen LogP contribution in [0.1, 0.15) is 6.42 Å². The minimum atomic E-state index is -5.08. The number of azide groups is 1. The van der Waals surface area contributed by atoms with Crippen molar-refractivity contribution < 1.29 is 30.7 Å². The van der Waals surface area contributed by atoms with Crippen LogP contribution >= 0.6 is 0 Å². The molecule has 0 spiro atoms. The average Bonchev–Trinajstić information content (AvgIpc) is 2.13. The second-order valence-corrected chi connectivity index (χ2v) is 6.46. The number of rotatable bonds is 7. The Bertz CT molecular complexity index is 514. The molecule has 0 saturated heterocycles. The molecule has 0 radical (unpaired) electrons. The van der Waals surface area contributed by atoms with Crippen LogP contribution < -0.4 is 5.32 Å². The lowest BCUT2D eigenvalue weighted by Gasteiger charge is -2.11. The number of hydrogen-bond acceptors (Lipinski definition) is 6. The predicted molar refractivity (Wildman–Crippen MR) is 58.5 cm³/mol. The minimum Gasteiger partial charge on any atom is -0.354 e. The standard InChI is InChI=1S/C5H10N4O7S2/c6-9-8-2-1-4(10)7-3-5(17(11,12)13)18(14,15)16/h5H,1-3H2,(H,7,10)(H,11,12,13)(H,14,15,16). The summed E-state index contributed by atoms with van der Waals surface area (Å²) in [5.41, 5.74) is 7.91. The highest BCUT2D eigenvalue weighted by atomic mass is 32.3. The van der Waals surface area contributed by atoms with E-state index in [-0.39, 0.29) is 13.0 Å². The van der Waals surface area contributed by atoms with Crippen molar-refractivity contribution in [3.8, 4) is 0 Å². The molecule has 13 heteroatoms. The normalized spacial score (nSPS) is 11.9. The SMILES string of the molecule is [N-]=[N+]=NCCC(=O)NCC(S(=O)(=O)O)S(=O)(=O)O. The van der Waals surface area contributed by atoms with E-state index in [0.29, 0.717) is 0 Å². The van der Waals surface area contributed by atoms with Crippen molar-refractivity contribution in [1.82, 2.24) is 5.32 Å². The molecule has 0 aliphatic carbocycles. The molecule has 0 heterocycles. The third-order valence-electron chi connectivity index (χ3n) is 1.63. The smallest absolute Gasteiger partial charge is 0.286 e. The van der Waals surface area contributed by atoms with Gasteiger partial charge in [-0.3, -0.25) is 13.9 Å². The van der Waals surface area contributed by atoms with Crippen LogP contribution in [0.5, 0.6) is 0 Å². The number of carbonyl (C=O) groups excluding carboxylic acids is 1. The number of nitrogens with one attached hydrogen (secondary N) is 1. The molecular formula is C5H10N4O7S2. The zero-order valence-corrected chi connectivity index (χ0v) is 10.4. The fourth-order valence-corrected chi connectivity index (χ4v) is 2.66. The van der Waals surface area contributed by atoms with Gasteiger partial charge in [0.1, 0.15) is 0 Å². The van der Waals surface area contributed by atoms with Gasteiger partial charge < -0.3 is 5.32 Å². The Morgan fingerprint density at radius 1 is 1.28 bits per heavy atom. The molecule has 0 saturated carbocycles. The topological polar surface area (TPSA) is 187 Å². The lowest BCUT2D eigenvalue weighted by Crippen LogP contribution is -2.41. The molecule has 18 heavy (non-hydrogen) atoms. The first-order chi connectivity index (χ1) is 8.09. The van der Waals surface area contributed by atoms with Crippen LogP contribution in [0.25, 0.3) is 10.4 Å². The van der Waals surface area contributed by atoms with Gasteiger partial charge in [0.05, 0.1) is 6.54 Å². The third-order valence-corrected chi connectivity index (χ3v) is 4.75. The molecule has 0 bridgehead atoms. The molecule has 0 fully saturated rings. The van der Waals surface area contributed by atoms with Crippen LogP contribution in [0, 0.1) is 0 Å². The maximum absolute atomic E-state index is 11.0. The average molecular weight is 302 g/mol. The molecule has 0 aliphatic rings. The first kappa shape index (κ1) is 16.6. The highest BCUT2D eigenvalue weighted by molar-refractivity contribution is 8.04.